The van der Waals surface area contributed by atoms with Crippen molar-refractivity contribution in [1.82, 2.24) is 20.8 Å². The maximum atomic E-state index is 12.3. The number of aromatic amines is 1. The van der Waals surface area contributed by atoms with E-state index in [0.717, 1.165) is 19.4 Å². The smallest absolute Gasteiger partial charge is 0.269 e. The van der Waals surface area contributed by atoms with Crippen molar-refractivity contribution < 1.29 is 9.90 Å². The van der Waals surface area contributed by atoms with Gasteiger partial charge < -0.3 is 15.7 Å². The third-order valence-corrected chi connectivity index (χ3v) is 3.96. The zero-order valence-corrected chi connectivity index (χ0v) is 12.5. The first-order chi connectivity index (χ1) is 10.6. The summed E-state index contributed by atoms with van der Waals surface area (Å²) in [6, 6.07) is 9.19. The fourth-order valence-corrected chi connectivity index (χ4v) is 2.79. The molecule has 0 radical (unpaired) electrons. The Hall–Kier alpha value is -2.34. The third-order valence-electron chi connectivity index (χ3n) is 3.96. The number of carbonyl (C=O) groups excluding carboxylic acids is 1. The van der Waals surface area contributed by atoms with Crippen molar-refractivity contribution in [3.05, 3.63) is 36.0 Å². The molecule has 6 heteroatoms. The van der Waals surface area contributed by atoms with Gasteiger partial charge in [-0.05, 0) is 44.5 Å². The van der Waals surface area contributed by atoms with Gasteiger partial charge in [-0.1, -0.05) is 12.1 Å². The predicted molar refractivity (Wildman–Crippen MR) is 83.6 cm³/mol. The van der Waals surface area contributed by atoms with E-state index in [9.17, 15) is 9.90 Å². The van der Waals surface area contributed by atoms with Gasteiger partial charge in [0.25, 0.3) is 5.91 Å². The first kappa shape index (κ1) is 14.6. The van der Waals surface area contributed by atoms with Crippen molar-refractivity contribution in [3.63, 3.8) is 0 Å². The van der Waals surface area contributed by atoms with Crippen molar-refractivity contribution >= 4 is 5.91 Å². The Morgan fingerprint density at radius 3 is 3.00 bits per heavy atom. The van der Waals surface area contributed by atoms with E-state index >= 15 is 0 Å². The summed E-state index contributed by atoms with van der Waals surface area (Å²) in [4.78, 5) is 12.3. The largest absolute Gasteiger partial charge is 0.507 e. The lowest BCUT2D eigenvalue weighted by Gasteiger charge is -2.28. The van der Waals surface area contributed by atoms with Crippen LogP contribution < -0.4 is 10.6 Å². The Morgan fingerprint density at radius 1 is 1.41 bits per heavy atom. The molecule has 3 rings (SSSR count). The number of H-pyrrole nitrogens is 1. The lowest BCUT2D eigenvalue weighted by molar-refractivity contribution is 0.0920. The van der Waals surface area contributed by atoms with Gasteiger partial charge in [0, 0.05) is 17.6 Å². The standard InChI is InChI=1S/C16H20N4O2/c1-10-8-11(6-7-17-10)18-16(22)14-9-13(19-20-14)12-4-2-3-5-15(12)21/h2-5,9-11,17,21H,6-8H2,1H3,(H,18,22)(H,19,20). The average Bonchev–Trinajstić information content (AvgIpc) is 2.97. The van der Waals surface area contributed by atoms with Gasteiger partial charge in [-0.25, -0.2) is 0 Å². The quantitative estimate of drug-likeness (QED) is 0.694. The Balaban J connectivity index is 1.71. The molecule has 1 aromatic carbocycles. The molecule has 1 amide bonds. The van der Waals surface area contributed by atoms with E-state index in [4.69, 9.17) is 0 Å². The number of para-hydroxylation sites is 1. The molecule has 2 atom stereocenters. The molecule has 0 bridgehead atoms. The second kappa shape index (κ2) is 6.19. The number of aromatic hydroxyl groups is 1. The van der Waals surface area contributed by atoms with Crippen molar-refractivity contribution in [2.24, 2.45) is 0 Å². The van der Waals surface area contributed by atoms with Crippen LogP contribution in [-0.4, -0.2) is 39.8 Å². The lowest BCUT2D eigenvalue weighted by Crippen LogP contribution is -2.46. The molecule has 4 N–H and O–H groups in total. The number of rotatable bonds is 3. The van der Waals surface area contributed by atoms with Crippen LogP contribution in [0, 0.1) is 0 Å². The van der Waals surface area contributed by atoms with Gasteiger partial charge in [0.05, 0.1) is 5.69 Å². The van der Waals surface area contributed by atoms with E-state index in [1.54, 1.807) is 24.3 Å². The normalized spacial score (nSPS) is 21.5. The van der Waals surface area contributed by atoms with Crippen LogP contribution in [0.4, 0.5) is 0 Å². The van der Waals surface area contributed by atoms with Crippen LogP contribution in [-0.2, 0) is 0 Å². The molecule has 1 saturated heterocycles. The molecule has 116 valence electrons. The number of piperidine rings is 1. The summed E-state index contributed by atoms with van der Waals surface area (Å²) in [5.74, 6) is -0.0126. The highest BCUT2D eigenvalue weighted by Gasteiger charge is 2.21. The Morgan fingerprint density at radius 2 is 2.23 bits per heavy atom. The van der Waals surface area contributed by atoms with Gasteiger partial charge in [0.2, 0.25) is 0 Å². The minimum Gasteiger partial charge on any atom is -0.507 e. The fraction of sp³-hybridized carbons (Fsp3) is 0.375. The molecule has 1 fully saturated rings. The number of nitrogens with one attached hydrogen (secondary N) is 3. The second-order valence-corrected chi connectivity index (χ2v) is 5.73. The average molecular weight is 300 g/mol. The van der Waals surface area contributed by atoms with Crippen LogP contribution in [0.1, 0.15) is 30.3 Å². The summed E-state index contributed by atoms with van der Waals surface area (Å²) < 4.78 is 0. The number of hydrogen-bond donors (Lipinski definition) is 4. The Labute approximate surface area is 128 Å². The number of benzene rings is 1. The van der Waals surface area contributed by atoms with Crippen molar-refractivity contribution in [3.8, 4) is 17.0 Å². The summed E-state index contributed by atoms with van der Waals surface area (Å²) >= 11 is 0. The van der Waals surface area contributed by atoms with Crippen LogP contribution >= 0.6 is 0 Å². The second-order valence-electron chi connectivity index (χ2n) is 5.73. The van der Waals surface area contributed by atoms with Gasteiger partial charge in [-0.2, -0.15) is 5.10 Å². The molecule has 1 aliphatic heterocycles. The maximum Gasteiger partial charge on any atom is 0.269 e. The van der Waals surface area contributed by atoms with E-state index in [0.29, 0.717) is 23.0 Å². The number of phenolic OH excluding ortho intramolecular Hbond substituents is 1. The SMILES string of the molecule is CC1CC(NC(=O)c2cc(-c3ccccc3O)n[nH]2)CCN1. The van der Waals surface area contributed by atoms with Crippen LogP contribution in [0.5, 0.6) is 5.75 Å². The minimum absolute atomic E-state index is 0.146. The fourth-order valence-electron chi connectivity index (χ4n) is 2.79. The van der Waals surface area contributed by atoms with E-state index in [1.165, 1.54) is 0 Å². The molecule has 2 unspecified atom stereocenters. The molecule has 0 saturated carbocycles. The molecule has 0 spiro atoms. The molecular weight excluding hydrogens is 280 g/mol. The van der Waals surface area contributed by atoms with E-state index in [1.807, 2.05) is 6.07 Å². The summed E-state index contributed by atoms with van der Waals surface area (Å²) in [5.41, 5.74) is 1.57. The van der Waals surface area contributed by atoms with E-state index in [-0.39, 0.29) is 17.7 Å². The van der Waals surface area contributed by atoms with Gasteiger partial charge in [-0.15, -0.1) is 0 Å². The Kier molecular flexibility index (Phi) is 4.11. The molecular formula is C16H20N4O2. The summed E-state index contributed by atoms with van der Waals surface area (Å²) in [5, 5.41) is 23.1. The molecule has 1 aliphatic rings. The zero-order chi connectivity index (χ0) is 15.5. The first-order valence-electron chi connectivity index (χ1n) is 7.51. The topological polar surface area (TPSA) is 90.0 Å². The van der Waals surface area contributed by atoms with Crippen LogP contribution in [0.15, 0.2) is 30.3 Å². The maximum absolute atomic E-state index is 12.3. The highest BCUT2D eigenvalue weighted by atomic mass is 16.3. The van der Waals surface area contributed by atoms with E-state index in [2.05, 4.69) is 27.8 Å². The number of nitrogens with zero attached hydrogens (tertiary/aromatic N) is 1. The number of amides is 1. The number of phenols is 1. The Bertz CT molecular complexity index is 668. The number of hydrogen-bond acceptors (Lipinski definition) is 4. The molecule has 22 heavy (non-hydrogen) atoms. The summed E-state index contributed by atoms with van der Waals surface area (Å²) in [7, 11) is 0. The minimum atomic E-state index is -0.159. The van der Waals surface area contributed by atoms with Crippen molar-refractivity contribution in [2.75, 3.05) is 6.54 Å². The highest BCUT2D eigenvalue weighted by Crippen LogP contribution is 2.27. The monoisotopic (exact) mass is 300 g/mol. The van der Waals surface area contributed by atoms with Crippen LogP contribution in [0.3, 0.4) is 0 Å². The number of carbonyl (C=O) groups is 1. The summed E-state index contributed by atoms with van der Waals surface area (Å²) in [6.07, 6.45) is 1.85. The summed E-state index contributed by atoms with van der Waals surface area (Å²) in [6.45, 7) is 3.03. The molecule has 6 nitrogen and oxygen atoms in total. The predicted octanol–water partition coefficient (Wildman–Crippen LogP) is 1.65. The van der Waals surface area contributed by atoms with Gasteiger partial charge in [0.1, 0.15) is 11.4 Å². The third kappa shape index (κ3) is 3.12. The zero-order valence-electron chi connectivity index (χ0n) is 12.5. The van der Waals surface area contributed by atoms with Gasteiger partial charge >= 0.3 is 0 Å². The highest BCUT2D eigenvalue weighted by molar-refractivity contribution is 5.93. The van der Waals surface area contributed by atoms with Crippen LogP contribution in [0.25, 0.3) is 11.3 Å². The van der Waals surface area contributed by atoms with Gasteiger partial charge in [0.15, 0.2) is 0 Å². The van der Waals surface area contributed by atoms with Gasteiger partial charge in [-0.3, -0.25) is 9.89 Å². The number of aromatic nitrogens is 2. The molecule has 0 aliphatic carbocycles. The molecule has 2 aromatic rings. The van der Waals surface area contributed by atoms with Crippen LogP contribution in [0.2, 0.25) is 0 Å². The molecule has 2 heterocycles. The van der Waals surface area contributed by atoms with E-state index < -0.39 is 0 Å². The van der Waals surface area contributed by atoms with Crippen molar-refractivity contribution in [2.45, 2.75) is 31.8 Å². The first-order valence-corrected chi connectivity index (χ1v) is 7.51. The molecule has 1 aromatic heterocycles. The lowest BCUT2D eigenvalue weighted by atomic mass is 10.0. The van der Waals surface area contributed by atoms with Crippen molar-refractivity contribution in [1.29, 1.82) is 0 Å².